The normalized spacial score (nSPS) is 7.05. The second kappa shape index (κ2) is 22.5. The van der Waals surface area contributed by atoms with Crippen LogP contribution in [0.4, 0.5) is 0 Å². The van der Waals surface area contributed by atoms with Crippen molar-refractivity contribution >= 4 is 17.9 Å². The Morgan fingerprint density at radius 2 is 0.950 bits per heavy atom. The van der Waals surface area contributed by atoms with E-state index in [4.69, 9.17) is 20.4 Å². The minimum atomic E-state index is -2.74. The van der Waals surface area contributed by atoms with Crippen LogP contribution in [0.1, 0.15) is 17.1 Å². The van der Waals surface area contributed by atoms with Gasteiger partial charge in [0.1, 0.15) is 0 Å². The topological polar surface area (TPSA) is 258 Å². The molecule has 0 unspecified atom stereocenters. The molecule has 0 aromatic carbocycles. The molecule has 0 aromatic rings. The van der Waals surface area contributed by atoms with Gasteiger partial charge in [0.25, 0.3) is 0 Å². The molecule has 0 atom stereocenters. The Kier molecular flexibility index (Phi) is 55.8. The van der Waals surface area contributed by atoms with Crippen molar-refractivity contribution in [3.8, 4) is 0 Å². The molecule has 0 spiro atoms. The van der Waals surface area contributed by atoms with E-state index in [1.165, 1.54) is 0 Å². The van der Waals surface area contributed by atoms with Crippen molar-refractivity contribution in [2.45, 2.75) is 18.4 Å². The number of rotatable bonds is 5. The minimum Gasteiger partial charge on any atom is -1.00 e. The van der Waals surface area contributed by atoms with Crippen molar-refractivity contribution in [3.05, 3.63) is 0 Å². The fraction of sp³-hybridized carbons (Fsp3) is 0.500. The molecule has 0 saturated heterocycles. The van der Waals surface area contributed by atoms with Gasteiger partial charge in [-0.3, -0.25) is 9.59 Å². The molecule has 0 aromatic heterocycles. The monoisotopic (exact) mass is 336 g/mol. The summed E-state index contributed by atoms with van der Waals surface area (Å²) in [5, 5.41) is 33.8. The van der Waals surface area contributed by atoms with E-state index in [1.54, 1.807) is 0 Å². The molecule has 0 radical (unpaired) electrons. The molecule has 11 nitrogen and oxygen atoms in total. The number of aliphatic carboxylic acids is 3. The smallest absolute Gasteiger partial charge is 1.00 e. The molecule has 0 saturated carbocycles. The maximum atomic E-state index is 10.3. The van der Waals surface area contributed by atoms with Crippen LogP contribution >= 0.6 is 0 Å². The van der Waals surface area contributed by atoms with Gasteiger partial charge < -0.3 is 46.6 Å². The van der Waals surface area contributed by atoms with E-state index in [0.717, 1.165) is 0 Å². The summed E-state index contributed by atoms with van der Waals surface area (Å²) < 4.78 is 0. The molecule has 0 heterocycles. The van der Waals surface area contributed by atoms with E-state index in [0.29, 0.717) is 0 Å². The average molecular weight is 336 g/mol. The summed E-state index contributed by atoms with van der Waals surface area (Å²) in [6, 6.07) is 0. The van der Waals surface area contributed by atoms with Crippen molar-refractivity contribution in [2.75, 3.05) is 0 Å². The third kappa shape index (κ3) is 21.5. The van der Waals surface area contributed by atoms with Crippen LogP contribution in [0.2, 0.25) is 0 Å². The number of aliphatic hydroxyl groups is 1. The van der Waals surface area contributed by atoms with Gasteiger partial charge in [0.05, 0.1) is 12.8 Å². The van der Waals surface area contributed by atoms with E-state index >= 15 is 0 Å². The SMILES string of the molecule is O.O.O.O.O=C(O)CC(O)(CC(=O)O)C(=O)O.[H-].[H-].[H-].[Na+].[Na+].[Na+]. The van der Waals surface area contributed by atoms with E-state index in [-0.39, 0.29) is 115 Å². The van der Waals surface area contributed by atoms with Crippen molar-refractivity contribution in [1.82, 2.24) is 0 Å². The van der Waals surface area contributed by atoms with Gasteiger partial charge in [0.2, 0.25) is 0 Å². The van der Waals surface area contributed by atoms with Crippen molar-refractivity contribution in [3.63, 3.8) is 0 Å². The van der Waals surface area contributed by atoms with Gasteiger partial charge in [0.15, 0.2) is 5.60 Å². The predicted molar refractivity (Wildman–Crippen MR) is 54.9 cm³/mol. The van der Waals surface area contributed by atoms with Crippen LogP contribution in [0, 0.1) is 0 Å². The zero-order chi connectivity index (χ0) is 10.6. The molecular weight excluding hydrogens is 317 g/mol. The first kappa shape index (κ1) is 49.6. The van der Waals surface area contributed by atoms with E-state index in [9.17, 15) is 14.4 Å². The summed E-state index contributed by atoms with van der Waals surface area (Å²) in [6.07, 6.45) is -2.29. The number of hydrogen-bond acceptors (Lipinski definition) is 4. The van der Waals surface area contributed by atoms with E-state index in [2.05, 4.69) is 0 Å². The number of carbonyl (C=O) groups is 3. The van der Waals surface area contributed by atoms with Gasteiger partial charge >= 0.3 is 107 Å². The van der Waals surface area contributed by atoms with Crippen LogP contribution in [0.3, 0.4) is 0 Å². The third-order valence-electron chi connectivity index (χ3n) is 1.29. The maximum absolute atomic E-state index is 10.3. The zero-order valence-corrected chi connectivity index (χ0v) is 17.4. The Bertz CT molecular complexity index is 255. The summed E-state index contributed by atoms with van der Waals surface area (Å²) in [5.41, 5.74) is -2.74. The molecule has 0 aliphatic heterocycles. The van der Waals surface area contributed by atoms with Gasteiger partial charge in [-0.25, -0.2) is 4.79 Å². The minimum absolute atomic E-state index is 0. The number of carboxylic acid groups (broad SMARTS) is 3. The Labute approximate surface area is 184 Å². The average Bonchev–Trinajstić information content (AvgIpc) is 1.82. The largest absolute Gasteiger partial charge is 1.00 e. The first-order valence-electron chi connectivity index (χ1n) is 3.17. The Balaban J connectivity index is -0.0000000160. The molecule has 20 heavy (non-hydrogen) atoms. The van der Waals surface area contributed by atoms with Crippen molar-refractivity contribution in [1.29, 1.82) is 0 Å². The molecule has 112 valence electrons. The molecule has 0 amide bonds. The van der Waals surface area contributed by atoms with Gasteiger partial charge in [-0.05, 0) is 0 Å². The standard InChI is InChI=1S/C6H8O7.3Na.4H2O.3H/c7-3(8)1-6(13,5(11)12)2-4(9)10;;;;;;;;;;/h13H,1-2H2,(H,7,8)(H,9,10)(H,11,12);;;;4*1H2;;;/q;3*+1;;;;;3*-1. The van der Waals surface area contributed by atoms with Crippen LogP contribution in [-0.2, 0) is 14.4 Å². The molecular formula is C6H19Na3O11. The molecule has 0 aliphatic rings. The third-order valence-corrected chi connectivity index (χ3v) is 1.29. The summed E-state index contributed by atoms with van der Waals surface area (Å²) >= 11 is 0. The number of hydrogen-bond donors (Lipinski definition) is 4. The molecule has 0 aliphatic carbocycles. The predicted octanol–water partition coefficient (Wildman–Crippen LogP) is -13.2. The molecule has 12 N–H and O–H groups in total. The van der Waals surface area contributed by atoms with Crippen LogP contribution in [0.25, 0.3) is 0 Å². The first-order chi connectivity index (χ1) is 5.78. The Morgan fingerprint density at radius 1 is 0.750 bits per heavy atom. The first-order valence-corrected chi connectivity index (χ1v) is 3.17. The molecule has 0 rings (SSSR count). The summed E-state index contributed by atoms with van der Waals surface area (Å²) in [7, 11) is 0. The summed E-state index contributed by atoms with van der Waals surface area (Å²) in [5.74, 6) is -5.02. The summed E-state index contributed by atoms with van der Waals surface area (Å²) in [4.78, 5) is 30.5. The number of carboxylic acids is 3. The molecule has 14 heteroatoms. The van der Waals surface area contributed by atoms with Crippen LogP contribution in [-0.4, -0.2) is 65.8 Å². The second-order valence-electron chi connectivity index (χ2n) is 2.48. The maximum Gasteiger partial charge on any atom is 1.00 e. The van der Waals surface area contributed by atoms with Crippen LogP contribution in [0.15, 0.2) is 0 Å². The van der Waals surface area contributed by atoms with E-state index in [1.807, 2.05) is 0 Å². The Morgan fingerprint density at radius 3 is 1.05 bits per heavy atom. The molecule has 0 fully saturated rings. The van der Waals surface area contributed by atoms with Crippen molar-refractivity contribution in [2.24, 2.45) is 0 Å². The quantitative estimate of drug-likeness (QED) is 0.352. The van der Waals surface area contributed by atoms with Gasteiger partial charge in [0, 0.05) is 0 Å². The van der Waals surface area contributed by atoms with Gasteiger partial charge in [-0.2, -0.15) is 0 Å². The second-order valence-corrected chi connectivity index (χ2v) is 2.48. The molecule has 0 bridgehead atoms. The Hall–Kier alpha value is 1.21. The van der Waals surface area contributed by atoms with E-state index < -0.39 is 36.4 Å². The van der Waals surface area contributed by atoms with Gasteiger partial charge in [-0.15, -0.1) is 0 Å². The summed E-state index contributed by atoms with van der Waals surface area (Å²) in [6.45, 7) is 0. The van der Waals surface area contributed by atoms with Gasteiger partial charge in [-0.1, -0.05) is 0 Å². The fourth-order valence-corrected chi connectivity index (χ4v) is 0.714. The van der Waals surface area contributed by atoms with Crippen molar-refractivity contribution < 1.29 is 150 Å². The van der Waals surface area contributed by atoms with Crippen LogP contribution < -0.4 is 88.7 Å². The zero-order valence-electron chi connectivity index (χ0n) is 14.4. The fourth-order valence-electron chi connectivity index (χ4n) is 0.714. The van der Waals surface area contributed by atoms with Crippen LogP contribution in [0.5, 0.6) is 0 Å².